The number of hydrogen-bond donors (Lipinski definition) is 1. The molecule has 0 bridgehead atoms. The van der Waals surface area contributed by atoms with Crippen LogP contribution in [0.25, 0.3) is 0 Å². The van der Waals surface area contributed by atoms with Gasteiger partial charge in [0.1, 0.15) is 5.82 Å². The van der Waals surface area contributed by atoms with Gasteiger partial charge in [0.25, 0.3) is 0 Å². The molecule has 0 radical (unpaired) electrons. The van der Waals surface area contributed by atoms with Crippen molar-refractivity contribution in [3.63, 3.8) is 0 Å². The second kappa shape index (κ2) is 8.80. The van der Waals surface area contributed by atoms with Crippen LogP contribution in [0.2, 0.25) is 0 Å². The molecule has 0 saturated carbocycles. The van der Waals surface area contributed by atoms with Crippen LogP contribution < -0.4 is 14.8 Å². The zero-order chi connectivity index (χ0) is 19.3. The number of carbonyl (C=O) groups excluding carboxylic acids is 1. The van der Waals surface area contributed by atoms with Crippen molar-refractivity contribution in [3.8, 4) is 11.5 Å². The molecule has 1 N–H and O–H groups in total. The number of rotatable bonds is 7. The quantitative estimate of drug-likeness (QED) is 0.695. The summed E-state index contributed by atoms with van der Waals surface area (Å²) < 4.78 is 18.1. The molecule has 0 atom stereocenters. The summed E-state index contributed by atoms with van der Waals surface area (Å²) in [5.74, 6) is 2.40. The third-order valence-electron chi connectivity index (χ3n) is 4.57. The molecule has 150 valence electrons. The van der Waals surface area contributed by atoms with Gasteiger partial charge in [0, 0.05) is 31.4 Å². The first-order valence-corrected chi connectivity index (χ1v) is 10.3. The summed E-state index contributed by atoms with van der Waals surface area (Å²) in [5.41, 5.74) is 0.680. The predicted octanol–water partition coefficient (Wildman–Crippen LogP) is 1.59. The molecule has 0 unspecified atom stereocenters. The molecule has 2 aromatic rings. The van der Waals surface area contributed by atoms with E-state index in [2.05, 4.69) is 31.9 Å². The van der Waals surface area contributed by atoms with E-state index in [9.17, 15) is 4.79 Å². The van der Waals surface area contributed by atoms with Crippen LogP contribution in [0.3, 0.4) is 0 Å². The Morgan fingerprint density at radius 1 is 1.21 bits per heavy atom. The summed E-state index contributed by atoms with van der Waals surface area (Å²) in [6.45, 7) is 7.08. The second-order valence-corrected chi connectivity index (χ2v) is 7.38. The summed E-state index contributed by atoms with van der Waals surface area (Å²) in [5, 5.41) is 12.2. The fourth-order valence-corrected chi connectivity index (χ4v) is 3.94. The third-order valence-corrected chi connectivity index (χ3v) is 5.53. The van der Waals surface area contributed by atoms with E-state index >= 15 is 0 Å². The number of nitrogens with zero attached hydrogens (tertiary/aromatic N) is 4. The minimum absolute atomic E-state index is 0.107. The molecule has 1 aromatic carbocycles. The lowest BCUT2D eigenvalue weighted by atomic mass is 10.3. The van der Waals surface area contributed by atoms with Gasteiger partial charge < -0.3 is 24.1 Å². The number of thioether (sulfide) groups is 1. The molecule has 10 heteroatoms. The highest BCUT2D eigenvalue weighted by Gasteiger charge is 2.18. The Hall–Kier alpha value is -2.30. The first-order valence-electron chi connectivity index (χ1n) is 9.27. The molecule has 4 rings (SSSR count). The fraction of sp³-hybridized carbons (Fsp3) is 0.500. The minimum Gasteiger partial charge on any atom is -0.454 e. The highest BCUT2D eigenvalue weighted by molar-refractivity contribution is 7.99. The molecule has 28 heavy (non-hydrogen) atoms. The maximum absolute atomic E-state index is 12.3. The van der Waals surface area contributed by atoms with Gasteiger partial charge in [-0.1, -0.05) is 11.8 Å². The van der Waals surface area contributed by atoms with Crippen LogP contribution >= 0.6 is 11.8 Å². The summed E-state index contributed by atoms with van der Waals surface area (Å²) in [6, 6.07) is 5.35. The van der Waals surface area contributed by atoms with Crippen LogP contribution in [0.15, 0.2) is 23.4 Å². The van der Waals surface area contributed by atoms with Crippen LogP contribution in [0.5, 0.6) is 11.5 Å². The standard InChI is InChI=1S/C18H23N5O4S/c1-2-23-16(10-22-5-7-25-8-6-22)20-21-18(23)28-11-17(24)19-13-3-4-14-15(9-13)27-12-26-14/h3-4,9H,2,5-8,10-12H2,1H3,(H,19,24). The molecule has 1 fully saturated rings. The van der Waals surface area contributed by atoms with Crippen LogP contribution in [-0.2, 0) is 22.6 Å². The molecule has 1 saturated heterocycles. The monoisotopic (exact) mass is 405 g/mol. The number of ether oxygens (including phenoxy) is 3. The number of carbonyl (C=O) groups is 1. The SMILES string of the molecule is CCn1c(CN2CCOCC2)nnc1SCC(=O)Nc1ccc2c(c1)OCO2. The Morgan fingerprint density at radius 3 is 2.86 bits per heavy atom. The van der Waals surface area contributed by atoms with Gasteiger partial charge in [-0.25, -0.2) is 0 Å². The van der Waals surface area contributed by atoms with Crippen LogP contribution in [0, 0.1) is 0 Å². The Kier molecular flexibility index (Phi) is 5.98. The Bertz CT molecular complexity index is 837. The number of morpholine rings is 1. The summed E-state index contributed by atoms with van der Waals surface area (Å²) in [6.07, 6.45) is 0. The van der Waals surface area contributed by atoms with E-state index in [0.29, 0.717) is 17.2 Å². The van der Waals surface area contributed by atoms with Gasteiger partial charge in [-0.3, -0.25) is 9.69 Å². The number of nitrogens with one attached hydrogen (secondary N) is 1. The van der Waals surface area contributed by atoms with Crippen LogP contribution in [0.1, 0.15) is 12.7 Å². The number of fused-ring (bicyclic) bond motifs is 1. The summed E-state index contributed by atoms with van der Waals surface area (Å²) in [4.78, 5) is 14.6. The van der Waals surface area contributed by atoms with E-state index in [-0.39, 0.29) is 18.5 Å². The zero-order valence-electron chi connectivity index (χ0n) is 15.7. The van der Waals surface area contributed by atoms with Crippen molar-refractivity contribution in [1.29, 1.82) is 0 Å². The lowest BCUT2D eigenvalue weighted by Crippen LogP contribution is -2.36. The van der Waals surface area contributed by atoms with E-state index in [0.717, 1.165) is 50.4 Å². The van der Waals surface area contributed by atoms with Crippen molar-refractivity contribution in [1.82, 2.24) is 19.7 Å². The average Bonchev–Trinajstić information content (AvgIpc) is 3.33. The minimum atomic E-state index is -0.107. The van der Waals surface area contributed by atoms with Crippen molar-refractivity contribution in [2.24, 2.45) is 0 Å². The molecule has 0 aliphatic carbocycles. The fourth-order valence-electron chi connectivity index (χ4n) is 3.12. The zero-order valence-corrected chi connectivity index (χ0v) is 16.5. The molecule has 9 nitrogen and oxygen atoms in total. The van der Waals surface area contributed by atoms with Gasteiger partial charge in [-0.05, 0) is 19.1 Å². The van der Waals surface area contributed by atoms with E-state index in [1.807, 2.05) is 0 Å². The van der Waals surface area contributed by atoms with Gasteiger partial charge in [-0.15, -0.1) is 10.2 Å². The lowest BCUT2D eigenvalue weighted by Gasteiger charge is -2.26. The van der Waals surface area contributed by atoms with E-state index < -0.39 is 0 Å². The summed E-state index contributed by atoms with van der Waals surface area (Å²) in [7, 11) is 0. The number of amides is 1. The number of anilines is 1. The normalized spacial score (nSPS) is 16.3. The van der Waals surface area contributed by atoms with Crippen molar-refractivity contribution in [2.75, 3.05) is 44.2 Å². The molecule has 2 aliphatic rings. The van der Waals surface area contributed by atoms with Gasteiger partial charge in [0.2, 0.25) is 12.7 Å². The highest BCUT2D eigenvalue weighted by Crippen LogP contribution is 2.34. The largest absolute Gasteiger partial charge is 0.454 e. The number of hydrogen-bond acceptors (Lipinski definition) is 8. The van der Waals surface area contributed by atoms with Crippen LogP contribution in [0.4, 0.5) is 5.69 Å². The Labute approximate surface area is 167 Å². The molecular formula is C18H23N5O4S. The van der Waals surface area contributed by atoms with Crippen molar-refractivity contribution >= 4 is 23.4 Å². The molecule has 1 amide bonds. The molecule has 2 aliphatic heterocycles. The van der Waals surface area contributed by atoms with E-state index in [1.54, 1.807) is 18.2 Å². The van der Waals surface area contributed by atoms with Gasteiger partial charge in [-0.2, -0.15) is 0 Å². The maximum Gasteiger partial charge on any atom is 0.234 e. The van der Waals surface area contributed by atoms with Crippen LogP contribution in [-0.4, -0.2) is 64.4 Å². The van der Waals surface area contributed by atoms with Gasteiger partial charge in [0.15, 0.2) is 16.7 Å². The molecular weight excluding hydrogens is 382 g/mol. The van der Waals surface area contributed by atoms with Crippen molar-refractivity contribution in [2.45, 2.75) is 25.2 Å². The van der Waals surface area contributed by atoms with E-state index in [1.165, 1.54) is 11.8 Å². The lowest BCUT2D eigenvalue weighted by molar-refractivity contribution is -0.113. The number of aromatic nitrogens is 3. The first-order chi connectivity index (χ1) is 13.7. The predicted molar refractivity (Wildman–Crippen MR) is 104 cm³/mol. The van der Waals surface area contributed by atoms with Gasteiger partial charge >= 0.3 is 0 Å². The average molecular weight is 405 g/mol. The first kappa shape index (κ1) is 19.0. The summed E-state index contributed by atoms with van der Waals surface area (Å²) >= 11 is 1.39. The smallest absolute Gasteiger partial charge is 0.234 e. The third kappa shape index (κ3) is 4.40. The van der Waals surface area contributed by atoms with Crippen molar-refractivity contribution in [3.05, 3.63) is 24.0 Å². The van der Waals surface area contributed by atoms with Crippen molar-refractivity contribution < 1.29 is 19.0 Å². The Morgan fingerprint density at radius 2 is 2.04 bits per heavy atom. The number of benzene rings is 1. The maximum atomic E-state index is 12.3. The molecule has 1 aromatic heterocycles. The Balaban J connectivity index is 1.33. The topological polar surface area (TPSA) is 90.7 Å². The van der Waals surface area contributed by atoms with E-state index in [4.69, 9.17) is 14.2 Å². The molecule has 0 spiro atoms. The highest BCUT2D eigenvalue weighted by atomic mass is 32.2. The second-order valence-electron chi connectivity index (χ2n) is 6.44. The van der Waals surface area contributed by atoms with Gasteiger partial charge in [0.05, 0.1) is 25.5 Å². The molecule has 3 heterocycles.